The summed E-state index contributed by atoms with van der Waals surface area (Å²) in [6.45, 7) is 9.22. The maximum atomic E-state index is 14.2. The largest absolute Gasteiger partial charge is 0.494 e. The molecule has 0 fully saturated rings. The number of hydrogen-bond donors (Lipinski definition) is 1. The summed E-state index contributed by atoms with van der Waals surface area (Å²) in [5, 5.41) is 9.49. The molecule has 0 aliphatic carbocycles. The lowest BCUT2D eigenvalue weighted by Gasteiger charge is -2.16. The quantitative estimate of drug-likeness (QED) is 0.355. The van der Waals surface area contributed by atoms with E-state index in [1.807, 2.05) is 24.7 Å². The van der Waals surface area contributed by atoms with E-state index >= 15 is 0 Å². The molecule has 0 aliphatic heterocycles. The third kappa shape index (κ3) is 5.21. The molecule has 4 aromatic rings. The number of methoxy groups -OCH3 is 1. The standard InChI is InChI=1S/C22H29FN8O.C2H6/c1-5-14(2)30-13-15(12-25-30)29(3)9-7-6-8-20-27-21-16-10-17(23)19(32-4)11-18(16)26-22(24)31(21)28-20;1-2/h10-14H,5-9H2,1-4H3,(H2,24,26);1-2H3. The monoisotopic (exact) mass is 470 g/mol. The van der Waals surface area contributed by atoms with Crippen LogP contribution in [0.5, 0.6) is 5.75 Å². The van der Waals surface area contributed by atoms with Crippen molar-refractivity contribution in [2.24, 2.45) is 0 Å². The first-order valence-corrected chi connectivity index (χ1v) is 11.8. The predicted molar refractivity (Wildman–Crippen MR) is 134 cm³/mol. The fourth-order valence-electron chi connectivity index (χ4n) is 3.65. The lowest BCUT2D eigenvalue weighted by atomic mass is 10.2. The molecule has 2 N–H and O–H groups in total. The summed E-state index contributed by atoms with van der Waals surface area (Å²) >= 11 is 0. The maximum Gasteiger partial charge on any atom is 0.223 e. The van der Waals surface area contributed by atoms with Crippen molar-refractivity contribution in [2.75, 3.05) is 31.3 Å². The summed E-state index contributed by atoms with van der Waals surface area (Å²) in [4.78, 5) is 11.1. The third-order valence-electron chi connectivity index (χ3n) is 5.83. The van der Waals surface area contributed by atoms with E-state index in [0.717, 1.165) is 31.5 Å². The molecular weight excluding hydrogens is 435 g/mol. The SMILES string of the molecule is CC.CCC(C)n1cc(N(C)CCCCc2nc3c4cc(F)c(OC)cc4nc(N)n3n2)cn1. The van der Waals surface area contributed by atoms with Gasteiger partial charge in [-0.25, -0.2) is 14.4 Å². The fraction of sp³-hybridized carbons (Fsp3) is 0.500. The van der Waals surface area contributed by atoms with Crippen LogP contribution in [0, 0.1) is 5.82 Å². The number of aromatic nitrogens is 6. The van der Waals surface area contributed by atoms with E-state index in [4.69, 9.17) is 10.5 Å². The zero-order valence-corrected chi connectivity index (χ0v) is 20.9. The summed E-state index contributed by atoms with van der Waals surface area (Å²) in [7, 11) is 3.49. The number of ether oxygens (including phenoxy) is 1. The van der Waals surface area contributed by atoms with Gasteiger partial charge in [0.2, 0.25) is 5.95 Å². The Morgan fingerprint density at radius 2 is 1.97 bits per heavy atom. The van der Waals surface area contributed by atoms with Crippen LogP contribution in [0.2, 0.25) is 0 Å². The van der Waals surface area contributed by atoms with E-state index in [2.05, 4.69) is 52.2 Å². The Labute approximate surface area is 199 Å². The first-order chi connectivity index (χ1) is 16.4. The zero-order valence-electron chi connectivity index (χ0n) is 20.9. The molecule has 0 spiro atoms. The van der Waals surface area contributed by atoms with Gasteiger partial charge in [-0.1, -0.05) is 20.8 Å². The van der Waals surface area contributed by atoms with Crippen LogP contribution >= 0.6 is 0 Å². The van der Waals surface area contributed by atoms with Gasteiger partial charge in [0.15, 0.2) is 23.0 Å². The molecule has 9 nitrogen and oxygen atoms in total. The predicted octanol–water partition coefficient (Wildman–Crippen LogP) is 4.66. The van der Waals surface area contributed by atoms with E-state index in [9.17, 15) is 4.39 Å². The van der Waals surface area contributed by atoms with Gasteiger partial charge in [-0.05, 0) is 32.3 Å². The second-order valence-corrected chi connectivity index (χ2v) is 8.05. The Kier molecular flexibility index (Phi) is 8.25. The second kappa shape index (κ2) is 11.1. The average Bonchev–Trinajstić information content (AvgIpc) is 3.51. The van der Waals surface area contributed by atoms with Gasteiger partial charge in [-0.15, -0.1) is 5.10 Å². The van der Waals surface area contributed by atoms with Gasteiger partial charge >= 0.3 is 0 Å². The highest BCUT2D eigenvalue weighted by molar-refractivity contribution is 5.93. The van der Waals surface area contributed by atoms with Gasteiger partial charge in [0.1, 0.15) is 0 Å². The molecule has 1 unspecified atom stereocenters. The van der Waals surface area contributed by atoms with Crippen molar-refractivity contribution in [3.05, 3.63) is 36.2 Å². The lowest BCUT2D eigenvalue weighted by Crippen LogP contribution is -2.18. The molecule has 3 heterocycles. The lowest BCUT2D eigenvalue weighted by molar-refractivity contribution is 0.387. The molecule has 0 saturated heterocycles. The molecule has 184 valence electrons. The van der Waals surface area contributed by atoms with Crippen LogP contribution in [-0.2, 0) is 6.42 Å². The fourth-order valence-corrected chi connectivity index (χ4v) is 3.65. The van der Waals surface area contributed by atoms with Gasteiger partial charge in [-0.3, -0.25) is 4.68 Å². The van der Waals surface area contributed by atoms with Crippen LogP contribution in [0.3, 0.4) is 0 Å². The first-order valence-electron chi connectivity index (χ1n) is 11.8. The summed E-state index contributed by atoms with van der Waals surface area (Å²) in [5.41, 5.74) is 8.19. The number of fused-ring (bicyclic) bond motifs is 3. The molecule has 0 bridgehead atoms. The minimum Gasteiger partial charge on any atom is -0.494 e. The van der Waals surface area contributed by atoms with Crippen molar-refractivity contribution in [2.45, 2.75) is 59.4 Å². The molecule has 10 heteroatoms. The van der Waals surface area contributed by atoms with Gasteiger partial charge in [0.25, 0.3) is 0 Å². The van der Waals surface area contributed by atoms with Crippen molar-refractivity contribution >= 4 is 28.2 Å². The maximum absolute atomic E-state index is 14.2. The molecule has 3 aromatic heterocycles. The normalized spacial score (nSPS) is 12.0. The topological polar surface area (TPSA) is 99.4 Å². The molecule has 34 heavy (non-hydrogen) atoms. The third-order valence-corrected chi connectivity index (χ3v) is 5.83. The average molecular weight is 471 g/mol. The molecule has 1 aromatic carbocycles. The zero-order chi connectivity index (χ0) is 24.8. The number of aryl methyl sites for hydroxylation is 1. The highest BCUT2D eigenvalue weighted by Gasteiger charge is 2.15. The number of nitrogen functional groups attached to an aromatic ring is 1. The molecule has 1 atom stereocenters. The van der Waals surface area contributed by atoms with E-state index in [1.165, 1.54) is 23.8 Å². The number of nitrogens with two attached hydrogens (primary N) is 1. The van der Waals surface area contributed by atoms with Crippen LogP contribution in [0.15, 0.2) is 24.5 Å². The number of nitrogens with zero attached hydrogens (tertiary/aromatic N) is 7. The van der Waals surface area contributed by atoms with Crippen LogP contribution in [0.4, 0.5) is 16.0 Å². The summed E-state index contributed by atoms with van der Waals surface area (Å²) in [5.74, 6) is 0.512. The molecule has 4 rings (SSSR count). The molecule has 0 amide bonds. The van der Waals surface area contributed by atoms with Crippen molar-refractivity contribution in [1.29, 1.82) is 0 Å². The Morgan fingerprint density at radius 1 is 1.21 bits per heavy atom. The second-order valence-electron chi connectivity index (χ2n) is 8.05. The van der Waals surface area contributed by atoms with Crippen LogP contribution in [0.25, 0.3) is 16.6 Å². The molecule has 0 radical (unpaired) electrons. The molecule has 0 saturated carbocycles. The molecular formula is C24H35FN8O. The minimum atomic E-state index is -0.474. The Hall–Kier alpha value is -3.43. The van der Waals surface area contributed by atoms with Crippen molar-refractivity contribution in [3.8, 4) is 5.75 Å². The van der Waals surface area contributed by atoms with Crippen molar-refractivity contribution < 1.29 is 9.13 Å². The van der Waals surface area contributed by atoms with Gasteiger partial charge in [0.05, 0.1) is 24.5 Å². The number of anilines is 2. The van der Waals surface area contributed by atoms with E-state index < -0.39 is 5.82 Å². The Morgan fingerprint density at radius 3 is 2.68 bits per heavy atom. The number of hydrogen-bond acceptors (Lipinski definition) is 7. The van der Waals surface area contributed by atoms with E-state index in [-0.39, 0.29) is 11.7 Å². The highest BCUT2D eigenvalue weighted by atomic mass is 19.1. The number of halogens is 1. The summed E-state index contributed by atoms with van der Waals surface area (Å²) < 4.78 is 22.7. The molecule has 0 aliphatic rings. The Balaban J connectivity index is 0.00000158. The Bertz CT molecular complexity index is 1230. The minimum absolute atomic E-state index is 0.118. The first kappa shape index (κ1) is 25.2. The number of rotatable bonds is 9. The summed E-state index contributed by atoms with van der Waals surface area (Å²) in [6.07, 6.45) is 7.63. The van der Waals surface area contributed by atoms with E-state index in [0.29, 0.717) is 34.8 Å². The van der Waals surface area contributed by atoms with Gasteiger partial charge in [-0.2, -0.15) is 9.61 Å². The van der Waals surface area contributed by atoms with Crippen LogP contribution in [0.1, 0.15) is 58.8 Å². The highest BCUT2D eigenvalue weighted by Crippen LogP contribution is 2.27. The van der Waals surface area contributed by atoms with Crippen molar-refractivity contribution in [3.63, 3.8) is 0 Å². The van der Waals surface area contributed by atoms with Gasteiger partial charge in [0, 0.05) is 43.7 Å². The van der Waals surface area contributed by atoms with Crippen molar-refractivity contribution in [1.82, 2.24) is 29.4 Å². The summed E-state index contributed by atoms with van der Waals surface area (Å²) in [6, 6.07) is 3.28. The van der Waals surface area contributed by atoms with Gasteiger partial charge < -0.3 is 15.4 Å². The van der Waals surface area contributed by atoms with Crippen LogP contribution in [-0.4, -0.2) is 50.1 Å². The van der Waals surface area contributed by atoms with E-state index in [1.54, 1.807) is 0 Å². The smallest absolute Gasteiger partial charge is 0.223 e. The number of unbranched alkanes of at least 4 members (excludes halogenated alkanes) is 1. The number of benzene rings is 1. The van der Waals surface area contributed by atoms with Crippen LogP contribution < -0.4 is 15.4 Å².